The lowest BCUT2D eigenvalue weighted by molar-refractivity contribution is 0.0683. The Morgan fingerprint density at radius 1 is 1.73 bits per heavy atom. The smallest absolute Gasteiger partial charge is 0.359 e. The molecule has 0 saturated carbocycles. The van der Waals surface area contributed by atoms with Crippen molar-refractivity contribution in [3.05, 3.63) is 23.5 Å². The van der Waals surface area contributed by atoms with Crippen LogP contribution in [0, 0.1) is 17.8 Å². The zero-order valence-corrected chi connectivity index (χ0v) is 7.82. The molecule has 1 heterocycles. The average Bonchev–Trinajstić information content (AvgIpc) is 2.20. The fraction of sp³-hybridized carbons (Fsp3) is 0.222. The van der Waals surface area contributed by atoms with Crippen molar-refractivity contribution in [2.24, 2.45) is 0 Å². The van der Waals surface area contributed by atoms with Crippen LogP contribution in [0.15, 0.2) is 6.20 Å². The van der Waals surface area contributed by atoms with Crippen LogP contribution in [0.2, 0.25) is 0 Å². The molecule has 1 aromatic heterocycles. The Hall–Kier alpha value is -2.00. The van der Waals surface area contributed by atoms with Crippen LogP contribution in [0.5, 0.6) is 0 Å². The van der Waals surface area contributed by atoms with Gasteiger partial charge < -0.3 is 9.84 Å². The first kappa shape index (κ1) is 11.1. The van der Waals surface area contributed by atoms with E-state index in [1.165, 1.54) is 7.11 Å². The third kappa shape index (κ3) is 3.00. The summed E-state index contributed by atoms with van der Waals surface area (Å²) in [6, 6.07) is 0. The molecule has 0 aromatic carbocycles. The molecule has 0 atom stereocenters. The fourth-order valence-corrected chi connectivity index (χ4v) is 0.770. The Balaban J connectivity index is 2.99. The third-order valence-corrected chi connectivity index (χ3v) is 1.36. The molecular formula is C9H7FN2O3. The van der Waals surface area contributed by atoms with Gasteiger partial charge in [0, 0.05) is 7.11 Å². The van der Waals surface area contributed by atoms with Gasteiger partial charge in [-0.15, -0.1) is 0 Å². The number of hydrogen-bond acceptors (Lipinski definition) is 4. The van der Waals surface area contributed by atoms with Crippen LogP contribution < -0.4 is 0 Å². The molecule has 0 spiro atoms. The van der Waals surface area contributed by atoms with Crippen LogP contribution in [-0.4, -0.2) is 34.8 Å². The van der Waals surface area contributed by atoms with Crippen molar-refractivity contribution < 1.29 is 19.0 Å². The first-order valence-electron chi connectivity index (χ1n) is 3.88. The standard InChI is InChI=1S/C9H7FN2O3/c1-15-4-2-3-6-5-11-8(10)7(12-6)9(13)14/h5H,4H2,1H3,(H,13,14). The third-order valence-electron chi connectivity index (χ3n) is 1.36. The van der Waals surface area contributed by atoms with Gasteiger partial charge in [-0.05, 0) is 5.92 Å². The molecule has 6 heteroatoms. The van der Waals surface area contributed by atoms with Gasteiger partial charge in [0.15, 0.2) is 0 Å². The maximum Gasteiger partial charge on any atom is 0.359 e. The molecule has 0 amide bonds. The Morgan fingerprint density at radius 2 is 2.47 bits per heavy atom. The van der Waals surface area contributed by atoms with Gasteiger partial charge in [-0.3, -0.25) is 0 Å². The minimum Gasteiger partial charge on any atom is -0.476 e. The van der Waals surface area contributed by atoms with Crippen molar-refractivity contribution in [1.29, 1.82) is 0 Å². The summed E-state index contributed by atoms with van der Waals surface area (Å²) in [6.45, 7) is 0.182. The van der Waals surface area contributed by atoms with Crippen molar-refractivity contribution in [2.45, 2.75) is 0 Å². The molecule has 1 rings (SSSR count). The summed E-state index contributed by atoms with van der Waals surface area (Å²) in [7, 11) is 1.47. The SMILES string of the molecule is COCC#Cc1cnc(F)c(C(=O)O)n1. The van der Waals surface area contributed by atoms with Crippen molar-refractivity contribution >= 4 is 5.97 Å². The predicted octanol–water partition coefficient (Wildman–Crippen LogP) is 0.312. The molecule has 0 radical (unpaired) electrons. The number of carboxylic acid groups (broad SMARTS) is 1. The molecule has 15 heavy (non-hydrogen) atoms. The Bertz CT molecular complexity index is 437. The minimum absolute atomic E-state index is 0.0888. The number of aromatic carboxylic acids is 1. The van der Waals surface area contributed by atoms with Gasteiger partial charge in [0.25, 0.3) is 0 Å². The lowest BCUT2D eigenvalue weighted by atomic mass is 10.4. The number of carbonyl (C=O) groups is 1. The zero-order chi connectivity index (χ0) is 11.3. The number of carboxylic acids is 1. The molecule has 1 N–H and O–H groups in total. The monoisotopic (exact) mass is 210 g/mol. The number of ether oxygens (including phenoxy) is 1. The topological polar surface area (TPSA) is 72.3 Å². The van der Waals surface area contributed by atoms with Crippen molar-refractivity contribution in [2.75, 3.05) is 13.7 Å². The molecule has 1 aromatic rings. The Morgan fingerprint density at radius 3 is 3.07 bits per heavy atom. The Labute approximate surface area is 84.9 Å². The molecule has 0 aliphatic heterocycles. The number of nitrogens with zero attached hydrogens (tertiary/aromatic N) is 2. The molecule has 0 aliphatic carbocycles. The summed E-state index contributed by atoms with van der Waals surface area (Å²) in [4.78, 5) is 17.2. The lowest BCUT2D eigenvalue weighted by Gasteiger charge is -1.95. The Kier molecular flexibility index (Phi) is 3.71. The summed E-state index contributed by atoms with van der Waals surface area (Å²) in [5, 5.41) is 8.55. The van der Waals surface area contributed by atoms with E-state index >= 15 is 0 Å². The van der Waals surface area contributed by atoms with E-state index in [-0.39, 0.29) is 12.3 Å². The summed E-state index contributed by atoms with van der Waals surface area (Å²) in [5.74, 6) is 2.43. The van der Waals surface area contributed by atoms with Crippen molar-refractivity contribution in [3.8, 4) is 11.8 Å². The average molecular weight is 210 g/mol. The van der Waals surface area contributed by atoms with E-state index in [2.05, 4.69) is 26.5 Å². The molecule has 0 saturated heterocycles. The van der Waals surface area contributed by atoms with Gasteiger partial charge in [-0.1, -0.05) is 5.92 Å². The molecule has 0 fully saturated rings. The molecular weight excluding hydrogens is 203 g/mol. The van der Waals surface area contributed by atoms with Gasteiger partial charge in [-0.2, -0.15) is 4.39 Å². The highest BCUT2D eigenvalue weighted by atomic mass is 19.1. The maximum atomic E-state index is 12.8. The second kappa shape index (κ2) is 5.02. The van der Waals surface area contributed by atoms with Crippen LogP contribution in [0.4, 0.5) is 4.39 Å². The molecule has 5 nitrogen and oxygen atoms in total. The van der Waals surface area contributed by atoms with E-state index in [1.54, 1.807) is 0 Å². The molecule has 0 aliphatic rings. The van der Waals surface area contributed by atoms with Crippen molar-refractivity contribution in [3.63, 3.8) is 0 Å². The van der Waals surface area contributed by atoms with Crippen LogP contribution in [0.3, 0.4) is 0 Å². The number of rotatable bonds is 2. The van der Waals surface area contributed by atoms with Crippen LogP contribution in [0.25, 0.3) is 0 Å². The van der Waals surface area contributed by atoms with Gasteiger partial charge in [0.05, 0.1) is 6.20 Å². The second-order valence-corrected chi connectivity index (χ2v) is 2.43. The number of hydrogen-bond donors (Lipinski definition) is 1. The summed E-state index contributed by atoms with van der Waals surface area (Å²) in [5.41, 5.74) is -0.648. The van der Waals surface area contributed by atoms with E-state index in [0.717, 1.165) is 6.20 Å². The van der Waals surface area contributed by atoms with Crippen LogP contribution in [-0.2, 0) is 4.74 Å². The second-order valence-electron chi connectivity index (χ2n) is 2.43. The fourth-order valence-electron chi connectivity index (χ4n) is 0.770. The van der Waals surface area contributed by atoms with E-state index in [1.807, 2.05) is 0 Å². The predicted molar refractivity (Wildman–Crippen MR) is 47.7 cm³/mol. The van der Waals surface area contributed by atoms with Gasteiger partial charge in [-0.25, -0.2) is 14.8 Å². The summed E-state index contributed by atoms with van der Waals surface area (Å²) in [6.07, 6.45) is 1.06. The molecule has 78 valence electrons. The van der Waals surface area contributed by atoms with Crippen LogP contribution in [0.1, 0.15) is 16.2 Å². The molecule has 0 unspecified atom stereocenters. The highest BCUT2D eigenvalue weighted by Gasteiger charge is 2.13. The van der Waals surface area contributed by atoms with Crippen LogP contribution >= 0.6 is 0 Å². The minimum atomic E-state index is -1.48. The number of aromatic nitrogens is 2. The molecule has 0 bridgehead atoms. The normalized spacial score (nSPS) is 9.20. The van der Waals surface area contributed by atoms with Gasteiger partial charge >= 0.3 is 5.97 Å². The van der Waals surface area contributed by atoms with Gasteiger partial charge in [0.2, 0.25) is 11.6 Å². The van der Waals surface area contributed by atoms with E-state index < -0.39 is 17.6 Å². The highest BCUT2D eigenvalue weighted by Crippen LogP contribution is 2.01. The quantitative estimate of drug-likeness (QED) is 0.711. The van der Waals surface area contributed by atoms with E-state index in [9.17, 15) is 9.18 Å². The summed E-state index contributed by atoms with van der Waals surface area (Å²) < 4.78 is 17.4. The largest absolute Gasteiger partial charge is 0.476 e. The van der Waals surface area contributed by atoms with Crippen molar-refractivity contribution in [1.82, 2.24) is 9.97 Å². The first-order chi connectivity index (χ1) is 7.15. The van der Waals surface area contributed by atoms with Gasteiger partial charge in [0.1, 0.15) is 12.3 Å². The van der Waals surface area contributed by atoms with E-state index in [0.29, 0.717) is 0 Å². The highest BCUT2D eigenvalue weighted by molar-refractivity contribution is 5.85. The number of methoxy groups -OCH3 is 1. The number of halogens is 1. The lowest BCUT2D eigenvalue weighted by Crippen LogP contribution is -2.07. The maximum absolute atomic E-state index is 12.8. The summed E-state index contributed by atoms with van der Waals surface area (Å²) >= 11 is 0. The first-order valence-corrected chi connectivity index (χ1v) is 3.88. The van der Waals surface area contributed by atoms with E-state index in [4.69, 9.17) is 5.11 Å². The zero-order valence-electron chi connectivity index (χ0n) is 7.82.